The second kappa shape index (κ2) is 8.05. The van der Waals surface area contributed by atoms with Gasteiger partial charge in [0.1, 0.15) is 23.6 Å². The molecule has 138 valence electrons. The zero-order valence-corrected chi connectivity index (χ0v) is 16.0. The third kappa shape index (κ3) is 4.54. The number of methoxy groups -OCH3 is 1. The number of aromatic nitrogens is 2. The Morgan fingerprint density at radius 3 is 2.59 bits per heavy atom. The van der Waals surface area contributed by atoms with Crippen LogP contribution in [-0.4, -0.2) is 23.0 Å². The number of benzene rings is 2. The average Bonchev–Trinajstić information content (AvgIpc) is 2.64. The zero-order valence-electron chi connectivity index (χ0n) is 15.2. The molecular formula is C20H19ClN4O2. The average molecular weight is 383 g/mol. The van der Waals surface area contributed by atoms with Crippen LogP contribution >= 0.6 is 11.6 Å². The Morgan fingerprint density at radius 2 is 1.85 bits per heavy atom. The number of ether oxygens (including phenoxy) is 1. The minimum absolute atomic E-state index is 0.222. The second-order valence-corrected chi connectivity index (χ2v) is 6.47. The summed E-state index contributed by atoms with van der Waals surface area (Å²) < 4.78 is 5.24. The van der Waals surface area contributed by atoms with Crippen LogP contribution < -0.4 is 15.4 Å². The number of anilines is 3. The minimum Gasteiger partial charge on any atom is -0.495 e. The number of carbonyl (C=O) groups is 1. The van der Waals surface area contributed by atoms with Crippen molar-refractivity contribution >= 4 is 34.7 Å². The molecule has 1 heterocycles. The predicted molar refractivity (Wildman–Crippen MR) is 107 cm³/mol. The number of hydrogen-bond acceptors (Lipinski definition) is 5. The molecule has 0 atom stereocenters. The number of hydrogen-bond donors (Lipinski definition) is 2. The third-order valence-electron chi connectivity index (χ3n) is 3.95. The van der Waals surface area contributed by atoms with Crippen LogP contribution in [0.2, 0.25) is 5.02 Å². The van der Waals surface area contributed by atoms with Crippen molar-refractivity contribution in [3.8, 4) is 5.75 Å². The summed E-state index contributed by atoms with van der Waals surface area (Å²) in [6.07, 6.45) is 1.34. The molecule has 0 fully saturated rings. The van der Waals surface area contributed by atoms with Crippen LogP contribution in [0, 0.1) is 13.8 Å². The molecule has 0 saturated carbocycles. The van der Waals surface area contributed by atoms with E-state index in [9.17, 15) is 4.79 Å². The smallest absolute Gasteiger partial charge is 0.274 e. The zero-order chi connectivity index (χ0) is 19.4. The van der Waals surface area contributed by atoms with Crippen LogP contribution in [0.4, 0.5) is 17.2 Å². The van der Waals surface area contributed by atoms with Crippen molar-refractivity contribution in [2.45, 2.75) is 13.8 Å². The number of carbonyl (C=O) groups excluding carboxylic acids is 1. The van der Waals surface area contributed by atoms with Gasteiger partial charge in [0.05, 0.1) is 12.8 Å². The highest BCUT2D eigenvalue weighted by Gasteiger charge is 2.13. The fourth-order valence-corrected chi connectivity index (χ4v) is 2.78. The molecule has 0 unspecified atom stereocenters. The molecule has 2 N–H and O–H groups in total. The van der Waals surface area contributed by atoms with Crippen LogP contribution in [0.15, 0.2) is 48.8 Å². The van der Waals surface area contributed by atoms with Gasteiger partial charge in [0.2, 0.25) is 0 Å². The minimum atomic E-state index is -0.387. The first-order chi connectivity index (χ1) is 13.0. The molecule has 0 saturated heterocycles. The van der Waals surface area contributed by atoms with Gasteiger partial charge in [-0.15, -0.1) is 0 Å². The Labute approximate surface area is 162 Å². The molecule has 2 aromatic carbocycles. The first-order valence-electron chi connectivity index (χ1n) is 8.27. The van der Waals surface area contributed by atoms with Crippen molar-refractivity contribution in [1.82, 2.24) is 9.97 Å². The van der Waals surface area contributed by atoms with Crippen LogP contribution in [0.25, 0.3) is 0 Å². The van der Waals surface area contributed by atoms with Crippen LogP contribution in [0.5, 0.6) is 5.75 Å². The highest BCUT2D eigenvalue weighted by molar-refractivity contribution is 6.31. The van der Waals surface area contributed by atoms with E-state index in [1.54, 1.807) is 24.3 Å². The van der Waals surface area contributed by atoms with Gasteiger partial charge in [0.15, 0.2) is 0 Å². The highest BCUT2D eigenvalue weighted by Crippen LogP contribution is 2.28. The Kier molecular flexibility index (Phi) is 5.57. The number of halogens is 1. The highest BCUT2D eigenvalue weighted by atomic mass is 35.5. The largest absolute Gasteiger partial charge is 0.495 e. The van der Waals surface area contributed by atoms with E-state index in [0.29, 0.717) is 22.3 Å². The summed E-state index contributed by atoms with van der Waals surface area (Å²) in [5, 5.41) is 6.47. The van der Waals surface area contributed by atoms with Gasteiger partial charge >= 0.3 is 0 Å². The van der Waals surface area contributed by atoms with Gasteiger partial charge in [-0.05, 0) is 43.7 Å². The number of nitrogens with zero attached hydrogens (tertiary/aromatic N) is 2. The standard InChI is InChI=1S/C20H19ClN4O2/c1-12-4-6-15(13(2)8-12)24-19-10-17(22-11-23-19)20(26)25-16-9-14(21)5-7-18(16)27-3/h4-11H,1-3H3,(H,25,26)(H,22,23,24). The number of nitrogens with one attached hydrogen (secondary N) is 2. The summed E-state index contributed by atoms with van der Waals surface area (Å²) in [5.74, 6) is 0.650. The molecule has 7 heteroatoms. The number of rotatable bonds is 5. The normalized spacial score (nSPS) is 10.4. The quantitative estimate of drug-likeness (QED) is 0.665. The fraction of sp³-hybridized carbons (Fsp3) is 0.150. The van der Waals surface area contributed by atoms with E-state index in [4.69, 9.17) is 16.3 Å². The summed E-state index contributed by atoms with van der Waals surface area (Å²) in [4.78, 5) is 20.8. The summed E-state index contributed by atoms with van der Waals surface area (Å²) in [7, 11) is 1.52. The van der Waals surface area contributed by atoms with Crippen molar-refractivity contribution in [2.24, 2.45) is 0 Å². The van der Waals surface area contributed by atoms with Crippen molar-refractivity contribution < 1.29 is 9.53 Å². The maximum absolute atomic E-state index is 12.6. The molecule has 27 heavy (non-hydrogen) atoms. The lowest BCUT2D eigenvalue weighted by molar-refractivity contribution is 0.102. The molecule has 1 aromatic heterocycles. The van der Waals surface area contributed by atoms with Crippen LogP contribution in [-0.2, 0) is 0 Å². The van der Waals surface area contributed by atoms with Gasteiger partial charge in [-0.1, -0.05) is 29.3 Å². The molecule has 0 aliphatic carbocycles. The molecule has 3 aromatic rings. The van der Waals surface area contributed by atoms with Gasteiger partial charge in [-0.2, -0.15) is 0 Å². The van der Waals surface area contributed by atoms with Crippen LogP contribution in [0.3, 0.4) is 0 Å². The van der Waals surface area contributed by atoms with Crippen molar-refractivity contribution in [2.75, 3.05) is 17.7 Å². The van der Waals surface area contributed by atoms with E-state index in [0.717, 1.165) is 11.3 Å². The molecule has 0 bridgehead atoms. The molecule has 6 nitrogen and oxygen atoms in total. The lowest BCUT2D eigenvalue weighted by atomic mass is 10.1. The van der Waals surface area contributed by atoms with Crippen molar-refractivity contribution in [3.63, 3.8) is 0 Å². The third-order valence-corrected chi connectivity index (χ3v) is 4.19. The van der Waals surface area contributed by atoms with E-state index in [1.165, 1.54) is 19.0 Å². The van der Waals surface area contributed by atoms with Gasteiger partial charge in [-0.3, -0.25) is 4.79 Å². The summed E-state index contributed by atoms with van der Waals surface area (Å²) in [6.45, 7) is 4.05. The maximum atomic E-state index is 12.6. The summed E-state index contributed by atoms with van der Waals surface area (Å²) >= 11 is 6.00. The van der Waals surface area contributed by atoms with E-state index in [1.807, 2.05) is 26.0 Å². The SMILES string of the molecule is COc1ccc(Cl)cc1NC(=O)c1cc(Nc2ccc(C)cc2C)ncn1. The first kappa shape index (κ1) is 18.7. The lowest BCUT2D eigenvalue weighted by Crippen LogP contribution is -2.15. The Balaban J connectivity index is 1.81. The molecule has 0 aliphatic heterocycles. The summed E-state index contributed by atoms with van der Waals surface area (Å²) in [6, 6.07) is 12.6. The molecule has 3 rings (SSSR count). The van der Waals surface area contributed by atoms with Crippen molar-refractivity contribution in [3.05, 3.63) is 70.6 Å². The fourth-order valence-electron chi connectivity index (χ4n) is 2.61. The molecule has 0 spiro atoms. The van der Waals surface area contributed by atoms with Crippen LogP contribution in [0.1, 0.15) is 21.6 Å². The van der Waals surface area contributed by atoms with Crippen molar-refractivity contribution in [1.29, 1.82) is 0 Å². The Morgan fingerprint density at radius 1 is 1.04 bits per heavy atom. The first-order valence-corrected chi connectivity index (χ1v) is 8.65. The van der Waals surface area contributed by atoms with Gasteiger partial charge in [0, 0.05) is 16.8 Å². The van der Waals surface area contributed by atoms with E-state index >= 15 is 0 Å². The predicted octanol–water partition coefficient (Wildman–Crippen LogP) is 4.75. The lowest BCUT2D eigenvalue weighted by Gasteiger charge is -2.12. The van der Waals surface area contributed by atoms with E-state index < -0.39 is 0 Å². The Bertz CT molecular complexity index is 991. The monoisotopic (exact) mass is 382 g/mol. The molecule has 1 amide bonds. The number of amides is 1. The summed E-state index contributed by atoms with van der Waals surface area (Å²) in [5.41, 5.74) is 3.87. The molecule has 0 aliphatic rings. The Hall–Kier alpha value is -3.12. The molecular weight excluding hydrogens is 364 g/mol. The second-order valence-electron chi connectivity index (χ2n) is 6.03. The topological polar surface area (TPSA) is 76.1 Å². The van der Waals surface area contributed by atoms with Gasteiger partial charge < -0.3 is 15.4 Å². The van der Waals surface area contributed by atoms with E-state index in [2.05, 4.69) is 26.7 Å². The van der Waals surface area contributed by atoms with E-state index in [-0.39, 0.29) is 11.6 Å². The van der Waals surface area contributed by atoms with Gasteiger partial charge in [-0.25, -0.2) is 9.97 Å². The maximum Gasteiger partial charge on any atom is 0.274 e. The number of aryl methyl sites for hydroxylation is 2. The molecule has 0 radical (unpaired) electrons. The van der Waals surface area contributed by atoms with Gasteiger partial charge in [0.25, 0.3) is 5.91 Å².